The van der Waals surface area contributed by atoms with Crippen LogP contribution in [-0.4, -0.2) is 17.0 Å². The molecule has 0 saturated heterocycles. The van der Waals surface area contributed by atoms with Crippen molar-refractivity contribution >= 4 is 16.5 Å². The van der Waals surface area contributed by atoms with E-state index in [1.54, 1.807) is 18.3 Å². The van der Waals surface area contributed by atoms with Crippen molar-refractivity contribution < 1.29 is 9.66 Å². The fourth-order valence-electron chi connectivity index (χ4n) is 1.41. The number of nitro groups is 1. The zero-order valence-corrected chi connectivity index (χ0v) is 8.01. The standard InChI is InChI=1S/C10H8N2O3/c1-15-10-9-3-2-8(12(13)14)6-7(9)4-5-11-10/h2-6H,1H3. The molecule has 1 heterocycles. The topological polar surface area (TPSA) is 65.3 Å². The molecule has 1 aromatic heterocycles. The maximum Gasteiger partial charge on any atom is 0.270 e. The van der Waals surface area contributed by atoms with Gasteiger partial charge in [0.25, 0.3) is 5.69 Å². The smallest absolute Gasteiger partial charge is 0.270 e. The molecule has 0 aliphatic heterocycles. The first-order valence-electron chi connectivity index (χ1n) is 4.29. The highest BCUT2D eigenvalue weighted by Crippen LogP contribution is 2.26. The lowest BCUT2D eigenvalue weighted by molar-refractivity contribution is -0.384. The van der Waals surface area contributed by atoms with Crippen LogP contribution < -0.4 is 4.74 Å². The first kappa shape index (κ1) is 9.39. The van der Waals surface area contributed by atoms with Gasteiger partial charge in [-0.15, -0.1) is 0 Å². The molecule has 76 valence electrons. The van der Waals surface area contributed by atoms with Crippen molar-refractivity contribution in [2.75, 3.05) is 7.11 Å². The number of rotatable bonds is 2. The first-order chi connectivity index (χ1) is 7.22. The second-order valence-corrected chi connectivity index (χ2v) is 2.98. The summed E-state index contributed by atoms with van der Waals surface area (Å²) in [6.45, 7) is 0. The molecule has 5 nitrogen and oxygen atoms in total. The van der Waals surface area contributed by atoms with E-state index in [2.05, 4.69) is 4.98 Å². The molecule has 5 heteroatoms. The van der Waals surface area contributed by atoms with Crippen molar-refractivity contribution in [3.63, 3.8) is 0 Å². The van der Waals surface area contributed by atoms with Gasteiger partial charge in [-0.3, -0.25) is 10.1 Å². The summed E-state index contributed by atoms with van der Waals surface area (Å²) < 4.78 is 5.05. The van der Waals surface area contributed by atoms with Crippen LogP contribution in [0.2, 0.25) is 0 Å². The molecule has 2 aromatic rings. The predicted molar refractivity (Wildman–Crippen MR) is 54.9 cm³/mol. The van der Waals surface area contributed by atoms with Crippen LogP contribution in [-0.2, 0) is 0 Å². The Morgan fingerprint density at radius 2 is 2.20 bits per heavy atom. The molecule has 0 radical (unpaired) electrons. The third-order valence-corrected chi connectivity index (χ3v) is 2.12. The predicted octanol–water partition coefficient (Wildman–Crippen LogP) is 2.15. The van der Waals surface area contributed by atoms with Gasteiger partial charge >= 0.3 is 0 Å². The minimum atomic E-state index is -0.424. The van der Waals surface area contributed by atoms with Crippen LogP contribution in [0.4, 0.5) is 5.69 Å². The second-order valence-electron chi connectivity index (χ2n) is 2.98. The second kappa shape index (κ2) is 3.53. The SMILES string of the molecule is COc1nccc2cc([N+](=O)[O-])ccc12. The largest absolute Gasteiger partial charge is 0.481 e. The van der Waals surface area contributed by atoms with E-state index in [0.717, 1.165) is 10.8 Å². The van der Waals surface area contributed by atoms with Crippen molar-refractivity contribution in [3.05, 3.63) is 40.6 Å². The molecule has 0 aliphatic carbocycles. The number of fused-ring (bicyclic) bond motifs is 1. The molecule has 0 saturated carbocycles. The van der Waals surface area contributed by atoms with Gasteiger partial charge in [0.15, 0.2) is 0 Å². The first-order valence-corrected chi connectivity index (χ1v) is 4.29. The van der Waals surface area contributed by atoms with Crippen molar-refractivity contribution in [1.82, 2.24) is 4.98 Å². The summed E-state index contributed by atoms with van der Waals surface area (Å²) >= 11 is 0. The van der Waals surface area contributed by atoms with E-state index >= 15 is 0 Å². The number of hydrogen-bond donors (Lipinski definition) is 0. The van der Waals surface area contributed by atoms with Crippen LogP contribution >= 0.6 is 0 Å². The number of aromatic nitrogens is 1. The highest BCUT2D eigenvalue weighted by atomic mass is 16.6. The summed E-state index contributed by atoms with van der Waals surface area (Å²) in [6, 6.07) is 6.29. The molecular weight excluding hydrogens is 196 g/mol. The quantitative estimate of drug-likeness (QED) is 0.555. The summed E-state index contributed by atoms with van der Waals surface area (Å²) in [4.78, 5) is 14.1. The van der Waals surface area contributed by atoms with E-state index in [-0.39, 0.29) is 5.69 Å². The van der Waals surface area contributed by atoms with Crippen LogP contribution in [0.3, 0.4) is 0 Å². The van der Waals surface area contributed by atoms with E-state index in [0.29, 0.717) is 5.88 Å². The lowest BCUT2D eigenvalue weighted by Gasteiger charge is -2.02. The molecule has 0 N–H and O–H groups in total. The maximum atomic E-state index is 10.6. The number of non-ortho nitro benzene ring substituents is 1. The summed E-state index contributed by atoms with van der Waals surface area (Å²) in [6.07, 6.45) is 1.56. The fourth-order valence-corrected chi connectivity index (χ4v) is 1.41. The van der Waals surface area contributed by atoms with E-state index in [9.17, 15) is 10.1 Å². The summed E-state index contributed by atoms with van der Waals surface area (Å²) in [5, 5.41) is 12.1. The lowest BCUT2D eigenvalue weighted by atomic mass is 10.1. The zero-order chi connectivity index (χ0) is 10.8. The lowest BCUT2D eigenvalue weighted by Crippen LogP contribution is -1.90. The van der Waals surface area contributed by atoms with Gasteiger partial charge in [-0.05, 0) is 17.5 Å². The van der Waals surface area contributed by atoms with Crippen LogP contribution in [0.1, 0.15) is 0 Å². The zero-order valence-electron chi connectivity index (χ0n) is 8.01. The molecule has 0 amide bonds. The number of hydrogen-bond acceptors (Lipinski definition) is 4. The fraction of sp³-hybridized carbons (Fsp3) is 0.100. The minimum Gasteiger partial charge on any atom is -0.481 e. The van der Waals surface area contributed by atoms with Crippen molar-refractivity contribution in [3.8, 4) is 5.88 Å². The van der Waals surface area contributed by atoms with E-state index < -0.39 is 4.92 Å². The Bertz CT molecular complexity index is 525. The Kier molecular flexibility index (Phi) is 2.21. The summed E-state index contributed by atoms with van der Waals surface area (Å²) in [5.74, 6) is 0.474. The molecule has 0 bridgehead atoms. The number of benzene rings is 1. The van der Waals surface area contributed by atoms with Gasteiger partial charge in [-0.2, -0.15) is 0 Å². The Labute approximate surface area is 85.5 Å². The van der Waals surface area contributed by atoms with Gasteiger partial charge in [0, 0.05) is 23.7 Å². The molecule has 0 fully saturated rings. The third-order valence-electron chi connectivity index (χ3n) is 2.12. The maximum absolute atomic E-state index is 10.6. The van der Waals surface area contributed by atoms with Crippen molar-refractivity contribution in [2.45, 2.75) is 0 Å². The van der Waals surface area contributed by atoms with Crippen molar-refractivity contribution in [1.29, 1.82) is 0 Å². The number of methoxy groups -OCH3 is 1. The number of nitro benzene ring substituents is 1. The number of pyridine rings is 1. The monoisotopic (exact) mass is 204 g/mol. The van der Waals surface area contributed by atoms with Gasteiger partial charge < -0.3 is 4.74 Å². The summed E-state index contributed by atoms with van der Waals surface area (Å²) in [7, 11) is 1.52. The van der Waals surface area contributed by atoms with Gasteiger partial charge in [-0.25, -0.2) is 4.98 Å². The minimum absolute atomic E-state index is 0.0655. The number of ether oxygens (including phenoxy) is 1. The molecule has 0 aliphatic rings. The van der Waals surface area contributed by atoms with Crippen LogP contribution in [0.25, 0.3) is 10.8 Å². The van der Waals surface area contributed by atoms with E-state index in [1.807, 2.05) is 0 Å². The number of nitrogens with zero attached hydrogens (tertiary/aromatic N) is 2. The van der Waals surface area contributed by atoms with Crippen LogP contribution in [0, 0.1) is 10.1 Å². The Balaban J connectivity index is 2.69. The molecule has 0 spiro atoms. The van der Waals surface area contributed by atoms with Gasteiger partial charge in [0.1, 0.15) is 0 Å². The molecule has 2 rings (SSSR count). The molecule has 15 heavy (non-hydrogen) atoms. The van der Waals surface area contributed by atoms with Crippen LogP contribution in [0.5, 0.6) is 5.88 Å². The Morgan fingerprint density at radius 3 is 2.87 bits per heavy atom. The highest BCUT2D eigenvalue weighted by molar-refractivity contribution is 5.88. The Hall–Kier alpha value is -2.17. The van der Waals surface area contributed by atoms with Gasteiger partial charge in [0.05, 0.1) is 12.0 Å². The molecule has 0 unspecified atom stereocenters. The molecule has 0 atom stereocenters. The Morgan fingerprint density at radius 1 is 1.40 bits per heavy atom. The highest BCUT2D eigenvalue weighted by Gasteiger charge is 2.08. The normalized spacial score (nSPS) is 10.2. The van der Waals surface area contributed by atoms with E-state index in [1.165, 1.54) is 19.2 Å². The molecule has 1 aromatic carbocycles. The third kappa shape index (κ3) is 1.59. The van der Waals surface area contributed by atoms with Gasteiger partial charge in [-0.1, -0.05) is 0 Å². The average Bonchev–Trinajstić information content (AvgIpc) is 2.27. The molecular formula is C10H8N2O3. The van der Waals surface area contributed by atoms with E-state index in [4.69, 9.17) is 4.74 Å². The van der Waals surface area contributed by atoms with Crippen molar-refractivity contribution in [2.24, 2.45) is 0 Å². The van der Waals surface area contributed by atoms with Crippen LogP contribution in [0.15, 0.2) is 30.5 Å². The summed E-state index contributed by atoms with van der Waals surface area (Å²) in [5.41, 5.74) is 0.0655. The van der Waals surface area contributed by atoms with Gasteiger partial charge in [0.2, 0.25) is 5.88 Å². The average molecular weight is 204 g/mol.